The van der Waals surface area contributed by atoms with E-state index in [1.54, 1.807) is 38.4 Å². The number of rotatable bonds is 2. The Balaban J connectivity index is 2.43. The van der Waals surface area contributed by atoms with E-state index in [-0.39, 0.29) is 5.43 Å². The molecule has 1 aromatic carbocycles. The molecule has 0 aliphatic heterocycles. The molecule has 1 N–H and O–H groups in total. The maximum atomic E-state index is 12.7. The third-order valence-corrected chi connectivity index (χ3v) is 3.77. The predicted octanol–water partition coefficient (Wildman–Crippen LogP) is 3.53. The molecule has 0 radical (unpaired) electrons. The van der Waals surface area contributed by atoms with Gasteiger partial charge in [-0.3, -0.25) is 9.78 Å². The second kappa shape index (κ2) is 5.39. The van der Waals surface area contributed by atoms with E-state index >= 15 is 0 Å². The van der Waals surface area contributed by atoms with Crippen molar-refractivity contribution >= 4 is 11.0 Å². The summed E-state index contributed by atoms with van der Waals surface area (Å²) in [7, 11) is 0. The smallest absolute Gasteiger partial charge is 0.196 e. The molecule has 0 aliphatic carbocycles. The molecule has 0 saturated carbocycles. The van der Waals surface area contributed by atoms with Crippen LogP contribution in [0, 0.1) is 13.8 Å². The minimum Gasteiger partial charge on any atom is -0.455 e. The van der Waals surface area contributed by atoms with Gasteiger partial charge in [0.2, 0.25) is 0 Å². The van der Waals surface area contributed by atoms with Crippen molar-refractivity contribution in [3.63, 3.8) is 0 Å². The van der Waals surface area contributed by atoms with E-state index in [0.717, 1.165) is 11.1 Å². The lowest BCUT2D eigenvalue weighted by Gasteiger charge is -2.12. The van der Waals surface area contributed by atoms with Gasteiger partial charge < -0.3 is 9.52 Å². The van der Waals surface area contributed by atoms with E-state index in [1.165, 1.54) is 0 Å². The number of aromatic nitrogens is 1. The predicted molar refractivity (Wildman–Crippen MR) is 85.8 cm³/mol. The molecule has 2 heterocycles. The Hall–Kier alpha value is -2.46. The van der Waals surface area contributed by atoms with Crippen molar-refractivity contribution in [2.24, 2.45) is 0 Å². The van der Waals surface area contributed by atoms with Crippen LogP contribution in [0.2, 0.25) is 0 Å². The molecule has 1 atom stereocenters. The fourth-order valence-electron chi connectivity index (χ4n) is 2.65. The van der Waals surface area contributed by atoms with Crippen LogP contribution in [0.15, 0.2) is 45.9 Å². The van der Waals surface area contributed by atoms with Gasteiger partial charge in [0, 0.05) is 29.1 Å². The summed E-state index contributed by atoms with van der Waals surface area (Å²) in [5.41, 5.74) is 3.20. The van der Waals surface area contributed by atoms with E-state index in [2.05, 4.69) is 4.98 Å². The van der Waals surface area contributed by atoms with Gasteiger partial charge in [0.15, 0.2) is 5.43 Å². The molecule has 3 aromatic rings. The van der Waals surface area contributed by atoms with E-state index in [4.69, 9.17) is 4.42 Å². The summed E-state index contributed by atoms with van der Waals surface area (Å²) in [6.45, 7) is 5.31. The quantitative estimate of drug-likeness (QED) is 0.785. The van der Waals surface area contributed by atoms with Crippen LogP contribution in [0.3, 0.4) is 0 Å². The molecular formula is C18H17NO3. The van der Waals surface area contributed by atoms with Gasteiger partial charge in [0.25, 0.3) is 0 Å². The Kier molecular flexibility index (Phi) is 3.54. The second-order valence-corrected chi connectivity index (χ2v) is 5.53. The van der Waals surface area contributed by atoms with Gasteiger partial charge in [-0.15, -0.1) is 0 Å². The van der Waals surface area contributed by atoms with Crippen LogP contribution in [0.25, 0.3) is 22.3 Å². The van der Waals surface area contributed by atoms with Gasteiger partial charge >= 0.3 is 0 Å². The largest absolute Gasteiger partial charge is 0.455 e. The molecule has 0 aliphatic rings. The lowest BCUT2D eigenvalue weighted by atomic mass is 10.0. The standard InChI is InChI=1S/C18H17NO3/c1-10-7-14(12(3)20)18-15(8-10)16(21)11(2)17(22-18)13-5-4-6-19-9-13/h4-9,12,20H,1-3H3/t12-/m1/s1. The Morgan fingerprint density at radius 3 is 2.68 bits per heavy atom. The number of nitrogens with zero attached hydrogens (tertiary/aromatic N) is 1. The topological polar surface area (TPSA) is 63.3 Å². The first-order valence-electron chi connectivity index (χ1n) is 7.15. The third kappa shape index (κ3) is 2.31. The zero-order chi connectivity index (χ0) is 15.9. The van der Waals surface area contributed by atoms with Crippen LogP contribution in [0.1, 0.15) is 29.7 Å². The van der Waals surface area contributed by atoms with Crippen LogP contribution in [-0.2, 0) is 0 Å². The summed E-state index contributed by atoms with van der Waals surface area (Å²) >= 11 is 0. The summed E-state index contributed by atoms with van der Waals surface area (Å²) in [5.74, 6) is 0.497. The number of hydrogen-bond acceptors (Lipinski definition) is 4. The monoisotopic (exact) mass is 295 g/mol. The molecule has 4 heteroatoms. The molecule has 22 heavy (non-hydrogen) atoms. The van der Waals surface area contributed by atoms with E-state index in [0.29, 0.717) is 27.9 Å². The molecule has 0 spiro atoms. The van der Waals surface area contributed by atoms with Crippen LogP contribution in [0.5, 0.6) is 0 Å². The molecule has 0 unspecified atom stereocenters. The molecule has 112 valence electrons. The van der Waals surface area contributed by atoms with Crippen LogP contribution < -0.4 is 5.43 Å². The van der Waals surface area contributed by atoms with Crippen molar-refractivity contribution in [3.8, 4) is 11.3 Å². The fourth-order valence-corrected chi connectivity index (χ4v) is 2.65. The average molecular weight is 295 g/mol. The summed E-state index contributed by atoms with van der Waals surface area (Å²) in [5, 5.41) is 10.5. The van der Waals surface area contributed by atoms with Gasteiger partial charge in [-0.05, 0) is 50.6 Å². The van der Waals surface area contributed by atoms with Crippen LogP contribution in [0.4, 0.5) is 0 Å². The molecule has 3 rings (SSSR count). The van der Waals surface area contributed by atoms with E-state index in [9.17, 15) is 9.90 Å². The van der Waals surface area contributed by atoms with Crippen molar-refractivity contribution in [1.82, 2.24) is 4.98 Å². The number of fused-ring (bicyclic) bond motifs is 1. The van der Waals surface area contributed by atoms with Gasteiger partial charge in [-0.25, -0.2) is 0 Å². The Morgan fingerprint density at radius 1 is 1.27 bits per heavy atom. The minimum absolute atomic E-state index is 0.0781. The maximum Gasteiger partial charge on any atom is 0.196 e. The third-order valence-electron chi connectivity index (χ3n) is 3.77. The Morgan fingerprint density at radius 2 is 2.05 bits per heavy atom. The number of aliphatic hydroxyl groups is 1. The van der Waals surface area contributed by atoms with E-state index < -0.39 is 6.10 Å². The number of aliphatic hydroxyl groups excluding tert-OH is 1. The van der Waals surface area contributed by atoms with E-state index in [1.807, 2.05) is 19.1 Å². The highest BCUT2D eigenvalue weighted by Gasteiger charge is 2.17. The SMILES string of the molecule is Cc1cc([C@@H](C)O)c2oc(-c3cccnc3)c(C)c(=O)c2c1. The lowest BCUT2D eigenvalue weighted by molar-refractivity contribution is 0.199. The summed E-state index contributed by atoms with van der Waals surface area (Å²) in [4.78, 5) is 16.8. The van der Waals surface area contributed by atoms with Crippen LogP contribution >= 0.6 is 0 Å². The van der Waals surface area contributed by atoms with Crippen LogP contribution in [-0.4, -0.2) is 10.1 Å². The number of aryl methyl sites for hydroxylation is 1. The highest BCUT2D eigenvalue weighted by atomic mass is 16.3. The first-order chi connectivity index (χ1) is 10.5. The number of benzene rings is 1. The first-order valence-corrected chi connectivity index (χ1v) is 7.15. The molecule has 0 fully saturated rings. The maximum absolute atomic E-state index is 12.7. The number of pyridine rings is 1. The van der Waals surface area contributed by atoms with Gasteiger partial charge in [0.05, 0.1) is 11.5 Å². The molecule has 4 nitrogen and oxygen atoms in total. The van der Waals surface area contributed by atoms with Crippen molar-refractivity contribution in [1.29, 1.82) is 0 Å². The van der Waals surface area contributed by atoms with Gasteiger partial charge in [-0.1, -0.05) is 0 Å². The second-order valence-electron chi connectivity index (χ2n) is 5.53. The summed E-state index contributed by atoms with van der Waals surface area (Å²) in [6, 6.07) is 7.29. The minimum atomic E-state index is -0.713. The fraction of sp³-hybridized carbons (Fsp3) is 0.222. The van der Waals surface area contributed by atoms with Crippen molar-refractivity contribution < 1.29 is 9.52 Å². The van der Waals surface area contributed by atoms with Crippen molar-refractivity contribution in [2.75, 3.05) is 0 Å². The molecular weight excluding hydrogens is 278 g/mol. The Bertz CT molecular complexity index is 896. The Labute approximate surface area is 128 Å². The first kappa shape index (κ1) is 14.5. The molecule has 0 bridgehead atoms. The van der Waals surface area contributed by atoms with Crippen molar-refractivity contribution in [2.45, 2.75) is 26.9 Å². The van der Waals surface area contributed by atoms with Gasteiger partial charge in [-0.2, -0.15) is 0 Å². The molecule has 2 aromatic heterocycles. The summed E-state index contributed by atoms with van der Waals surface area (Å²) < 4.78 is 6.01. The van der Waals surface area contributed by atoms with Crippen molar-refractivity contribution in [3.05, 3.63) is 63.6 Å². The zero-order valence-corrected chi connectivity index (χ0v) is 12.8. The number of hydrogen-bond donors (Lipinski definition) is 1. The van der Waals surface area contributed by atoms with Gasteiger partial charge in [0.1, 0.15) is 11.3 Å². The highest BCUT2D eigenvalue weighted by Crippen LogP contribution is 2.30. The highest BCUT2D eigenvalue weighted by molar-refractivity contribution is 5.84. The zero-order valence-electron chi connectivity index (χ0n) is 12.8. The molecule has 0 amide bonds. The average Bonchev–Trinajstić information content (AvgIpc) is 2.51. The normalized spacial score (nSPS) is 12.5. The lowest BCUT2D eigenvalue weighted by Crippen LogP contribution is -2.09. The molecule has 0 saturated heterocycles. The summed E-state index contributed by atoms with van der Waals surface area (Å²) in [6.07, 6.45) is 2.62.